The lowest BCUT2D eigenvalue weighted by atomic mass is 9.82. The molecule has 2 aliphatic rings. The average molecular weight is 418 g/mol. The van der Waals surface area contributed by atoms with Gasteiger partial charge in [-0.3, -0.25) is 4.79 Å². The Bertz CT molecular complexity index is 795. The molecular weight excluding hydrogens is 382 g/mol. The van der Waals surface area contributed by atoms with Crippen molar-refractivity contribution in [3.8, 4) is 11.5 Å². The number of ether oxygens (including phenoxy) is 3. The number of nitrogens with zero attached hydrogens (tertiary/aromatic N) is 1. The molecule has 0 aromatic heterocycles. The fourth-order valence-corrected chi connectivity index (χ4v) is 3.76. The van der Waals surface area contributed by atoms with Crippen LogP contribution in [0, 0.1) is 5.41 Å². The number of hydrogen-bond acceptors (Lipinski definition) is 5. The van der Waals surface area contributed by atoms with Crippen molar-refractivity contribution in [2.45, 2.75) is 78.4 Å². The van der Waals surface area contributed by atoms with Gasteiger partial charge in [0.25, 0.3) is 0 Å². The minimum Gasteiger partial charge on any atom is -0.490 e. The molecule has 0 bridgehead atoms. The highest BCUT2D eigenvalue weighted by Gasteiger charge is 2.45. The third kappa shape index (κ3) is 5.46. The van der Waals surface area contributed by atoms with Gasteiger partial charge in [-0.05, 0) is 44.7 Å². The van der Waals surface area contributed by atoms with Gasteiger partial charge in [0.15, 0.2) is 17.3 Å². The van der Waals surface area contributed by atoms with Crippen molar-refractivity contribution in [2.24, 2.45) is 5.41 Å². The summed E-state index contributed by atoms with van der Waals surface area (Å²) in [5, 5.41) is 0. The second-order valence-corrected chi connectivity index (χ2v) is 10.6. The summed E-state index contributed by atoms with van der Waals surface area (Å²) in [6, 6.07) is 5.51. The molecule has 166 valence electrons. The quantitative estimate of drug-likeness (QED) is 0.673. The van der Waals surface area contributed by atoms with E-state index < -0.39 is 11.2 Å². The molecule has 6 nitrogen and oxygen atoms in total. The average Bonchev–Trinajstić information content (AvgIpc) is 2.60. The normalized spacial score (nSPS) is 18.6. The summed E-state index contributed by atoms with van der Waals surface area (Å²) in [4.78, 5) is 27.0. The predicted octanol–water partition coefficient (Wildman–Crippen LogP) is 5.24. The Morgan fingerprint density at radius 1 is 1.13 bits per heavy atom. The first-order valence-corrected chi connectivity index (χ1v) is 10.8. The zero-order valence-corrected chi connectivity index (χ0v) is 19.2. The maximum atomic E-state index is 12.9. The second-order valence-electron chi connectivity index (χ2n) is 10.6. The van der Waals surface area contributed by atoms with Crippen molar-refractivity contribution in [1.29, 1.82) is 0 Å². The number of benzene rings is 1. The molecule has 0 unspecified atom stereocenters. The molecule has 0 atom stereocenters. The molecule has 6 heteroatoms. The van der Waals surface area contributed by atoms with Crippen LogP contribution >= 0.6 is 0 Å². The van der Waals surface area contributed by atoms with E-state index in [-0.39, 0.29) is 17.3 Å². The van der Waals surface area contributed by atoms with E-state index in [9.17, 15) is 9.59 Å². The Morgan fingerprint density at radius 3 is 2.40 bits per heavy atom. The van der Waals surface area contributed by atoms with Gasteiger partial charge < -0.3 is 19.1 Å². The zero-order chi connectivity index (χ0) is 22.2. The summed E-state index contributed by atoms with van der Waals surface area (Å²) in [6.07, 6.45) is 2.10. The van der Waals surface area contributed by atoms with Gasteiger partial charge in [0.1, 0.15) is 11.2 Å². The van der Waals surface area contributed by atoms with Crippen LogP contribution < -0.4 is 9.47 Å². The first kappa shape index (κ1) is 22.4. The molecule has 1 aromatic carbocycles. The maximum Gasteiger partial charge on any atom is 0.410 e. The Labute approximate surface area is 179 Å². The number of Topliss-reactive ketones (excluding diaryl/α,β-unsaturated/α-hetero) is 1. The van der Waals surface area contributed by atoms with E-state index in [1.807, 2.05) is 32.9 Å². The van der Waals surface area contributed by atoms with Crippen molar-refractivity contribution >= 4 is 11.9 Å². The third-order valence-corrected chi connectivity index (χ3v) is 5.52. The number of piperidine rings is 1. The molecular formula is C24H35NO5. The van der Waals surface area contributed by atoms with Crippen LogP contribution in [0.4, 0.5) is 4.79 Å². The van der Waals surface area contributed by atoms with Crippen LogP contribution in [0.1, 0.15) is 77.6 Å². The van der Waals surface area contributed by atoms with Crippen LogP contribution in [0.5, 0.6) is 11.5 Å². The number of rotatable bonds is 3. The van der Waals surface area contributed by atoms with Gasteiger partial charge in [0.2, 0.25) is 0 Å². The molecule has 1 saturated heterocycles. The Morgan fingerprint density at radius 2 is 1.80 bits per heavy atom. The number of hydrogen-bond donors (Lipinski definition) is 0. The minimum absolute atomic E-state index is 0.0724. The Balaban J connectivity index is 1.71. The third-order valence-electron chi connectivity index (χ3n) is 5.52. The molecule has 2 aliphatic heterocycles. The standard InChI is InChI=1S/C24H35NO5/c1-22(2,3)12-15-28-19-9-7-8-17-18(26)16-24(29-20(17)19)10-13-25(14-11-24)21(27)30-23(4,5)6/h7-9H,10-16H2,1-6H3. The van der Waals surface area contributed by atoms with Gasteiger partial charge in [-0.15, -0.1) is 0 Å². The number of carbonyl (C=O) groups excluding carboxylic acids is 2. The van der Waals surface area contributed by atoms with E-state index in [0.717, 1.165) is 6.42 Å². The molecule has 1 fully saturated rings. The fraction of sp³-hybridized carbons (Fsp3) is 0.667. The van der Waals surface area contributed by atoms with E-state index in [1.54, 1.807) is 11.0 Å². The molecule has 1 aromatic rings. The van der Waals surface area contributed by atoms with Crippen molar-refractivity contribution in [2.75, 3.05) is 19.7 Å². The van der Waals surface area contributed by atoms with E-state index in [0.29, 0.717) is 56.0 Å². The summed E-state index contributed by atoms with van der Waals surface area (Å²) in [7, 11) is 0. The van der Waals surface area contributed by atoms with Gasteiger partial charge in [-0.1, -0.05) is 26.8 Å². The number of fused-ring (bicyclic) bond motifs is 1. The van der Waals surface area contributed by atoms with Crippen molar-refractivity contribution in [3.05, 3.63) is 23.8 Å². The van der Waals surface area contributed by atoms with E-state index in [1.165, 1.54) is 0 Å². The largest absolute Gasteiger partial charge is 0.490 e. The number of para-hydroxylation sites is 1. The van der Waals surface area contributed by atoms with Crippen LogP contribution in [-0.4, -0.2) is 47.7 Å². The lowest BCUT2D eigenvalue weighted by Gasteiger charge is -2.44. The highest BCUT2D eigenvalue weighted by molar-refractivity contribution is 6.01. The lowest BCUT2D eigenvalue weighted by molar-refractivity contribution is -0.0239. The maximum absolute atomic E-state index is 12.9. The Kier molecular flexibility index (Phi) is 6.08. The summed E-state index contributed by atoms with van der Waals surface area (Å²) in [5.41, 5.74) is -0.363. The molecule has 0 aliphatic carbocycles. The molecule has 1 amide bonds. The molecule has 0 radical (unpaired) electrons. The molecule has 3 rings (SSSR count). The summed E-state index contributed by atoms with van der Waals surface area (Å²) >= 11 is 0. The molecule has 2 heterocycles. The highest BCUT2D eigenvalue weighted by atomic mass is 16.6. The fourth-order valence-electron chi connectivity index (χ4n) is 3.76. The van der Waals surface area contributed by atoms with Crippen molar-refractivity contribution < 1.29 is 23.8 Å². The number of ketones is 1. The van der Waals surface area contributed by atoms with Crippen LogP contribution in [0.15, 0.2) is 18.2 Å². The molecule has 0 saturated carbocycles. The van der Waals surface area contributed by atoms with Crippen LogP contribution in [-0.2, 0) is 4.74 Å². The van der Waals surface area contributed by atoms with Gasteiger partial charge in [0.05, 0.1) is 18.6 Å². The van der Waals surface area contributed by atoms with Gasteiger partial charge in [0, 0.05) is 25.9 Å². The number of likely N-dealkylation sites (tertiary alicyclic amines) is 1. The van der Waals surface area contributed by atoms with Gasteiger partial charge >= 0.3 is 6.09 Å². The second kappa shape index (κ2) is 8.12. The summed E-state index contributed by atoms with van der Waals surface area (Å²) < 4.78 is 17.9. The topological polar surface area (TPSA) is 65.1 Å². The van der Waals surface area contributed by atoms with E-state index in [2.05, 4.69) is 20.8 Å². The van der Waals surface area contributed by atoms with E-state index in [4.69, 9.17) is 14.2 Å². The molecule has 1 spiro atoms. The monoisotopic (exact) mass is 417 g/mol. The van der Waals surface area contributed by atoms with Gasteiger partial charge in [-0.25, -0.2) is 4.79 Å². The number of carbonyl (C=O) groups is 2. The summed E-state index contributed by atoms with van der Waals surface area (Å²) in [5.74, 6) is 1.25. The highest BCUT2D eigenvalue weighted by Crippen LogP contribution is 2.44. The lowest BCUT2D eigenvalue weighted by Crippen LogP contribution is -2.53. The van der Waals surface area contributed by atoms with Crippen LogP contribution in [0.2, 0.25) is 0 Å². The van der Waals surface area contributed by atoms with Gasteiger partial charge in [-0.2, -0.15) is 0 Å². The smallest absolute Gasteiger partial charge is 0.410 e. The minimum atomic E-state index is -0.591. The zero-order valence-electron chi connectivity index (χ0n) is 19.2. The van der Waals surface area contributed by atoms with E-state index >= 15 is 0 Å². The summed E-state index contributed by atoms with van der Waals surface area (Å²) in [6.45, 7) is 13.7. The van der Waals surface area contributed by atoms with Crippen molar-refractivity contribution in [3.63, 3.8) is 0 Å². The number of amides is 1. The first-order valence-electron chi connectivity index (χ1n) is 10.8. The molecule has 30 heavy (non-hydrogen) atoms. The van der Waals surface area contributed by atoms with Crippen LogP contribution in [0.25, 0.3) is 0 Å². The predicted molar refractivity (Wildman–Crippen MR) is 115 cm³/mol. The Hall–Kier alpha value is -2.24. The molecule has 0 N–H and O–H groups in total. The van der Waals surface area contributed by atoms with Crippen molar-refractivity contribution in [1.82, 2.24) is 4.90 Å². The van der Waals surface area contributed by atoms with Crippen LogP contribution in [0.3, 0.4) is 0 Å². The SMILES string of the molecule is CC(C)(C)CCOc1cccc2c1OC1(CCN(C(=O)OC(C)(C)C)CC1)CC2=O. The first-order chi connectivity index (χ1) is 13.9.